The molecule has 0 aliphatic carbocycles. The maximum Gasteiger partial charge on any atom is 0.401 e. The van der Waals surface area contributed by atoms with E-state index >= 15 is 0 Å². The molecule has 0 aliphatic rings. The van der Waals surface area contributed by atoms with Gasteiger partial charge in [0.15, 0.2) is 8.24 Å². The van der Waals surface area contributed by atoms with Gasteiger partial charge in [0.1, 0.15) is 0 Å². The summed E-state index contributed by atoms with van der Waals surface area (Å²) in [5.41, 5.74) is 1.84. The fraction of sp³-hybridized carbons (Fsp3) is 0.571. The highest BCUT2D eigenvalue weighted by atomic mass is 28.3. The van der Waals surface area contributed by atoms with Gasteiger partial charge in [0.2, 0.25) is 0 Å². The number of ether oxygens (including phenoxy) is 1. The molecule has 0 rings (SSSR count). The van der Waals surface area contributed by atoms with E-state index in [1.54, 1.807) is 11.6 Å². The van der Waals surface area contributed by atoms with Crippen LogP contribution in [0.2, 0.25) is 13.1 Å². The molecule has 0 radical (unpaired) electrons. The second-order valence-corrected chi connectivity index (χ2v) is 7.27. The van der Waals surface area contributed by atoms with E-state index in [0.29, 0.717) is 0 Å². The molecule has 0 aromatic rings. The summed E-state index contributed by atoms with van der Waals surface area (Å²) in [5, 5.41) is 0. The Hall–Kier alpha value is -0.773. The molecule has 11 heavy (non-hydrogen) atoms. The number of methoxy groups -OCH3 is 1. The molecule has 0 saturated carbocycles. The van der Waals surface area contributed by atoms with Crippen LogP contribution in [0.3, 0.4) is 0 Å². The van der Waals surface area contributed by atoms with Gasteiger partial charge in [-0.25, -0.2) is 4.79 Å². The van der Waals surface area contributed by atoms with E-state index in [0.717, 1.165) is 0 Å². The van der Waals surface area contributed by atoms with Crippen molar-refractivity contribution in [1.82, 2.24) is 4.57 Å². The molecule has 0 atom stereocenters. The third-order valence-electron chi connectivity index (χ3n) is 1.81. The predicted octanol–water partition coefficient (Wildman–Crippen LogP) is 1.61. The summed E-state index contributed by atoms with van der Waals surface area (Å²) in [4.78, 5) is 11.0. The summed E-state index contributed by atoms with van der Waals surface area (Å²) in [7, 11) is 1.38. The molecular formula is C7H15NO2Si. The molecule has 0 aliphatic heterocycles. The molecule has 1 amide bonds. The van der Waals surface area contributed by atoms with Crippen LogP contribution >= 0.6 is 0 Å². The lowest BCUT2D eigenvalue weighted by atomic mass is 11.1. The fourth-order valence-corrected chi connectivity index (χ4v) is 1.34. The van der Waals surface area contributed by atoms with Crippen molar-refractivity contribution in [2.24, 2.45) is 0 Å². The van der Waals surface area contributed by atoms with Gasteiger partial charge < -0.3 is 9.30 Å². The summed E-state index contributed by atoms with van der Waals surface area (Å²) in [5.74, 6) is 0. The largest absolute Gasteiger partial charge is 0.453 e. The van der Waals surface area contributed by atoms with E-state index in [1.807, 2.05) is 18.8 Å². The standard InChI is InChI=1S/C7H15NO2Si/c1-6-11(4,5)8(2)7(9)10-3/h6H,1H2,2-5H3. The molecule has 64 valence electrons. The van der Waals surface area contributed by atoms with Gasteiger partial charge in [0, 0.05) is 7.05 Å². The van der Waals surface area contributed by atoms with Gasteiger partial charge in [-0.2, -0.15) is 0 Å². The molecule has 0 aromatic carbocycles. The molecule has 0 fully saturated rings. The molecule has 0 N–H and O–H groups in total. The van der Waals surface area contributed by atoms with Crippen LogP contribution in [-0.2, 0) is 4.74 Å². The van der Waals surface area contributed by atoms with Crippen LogP contribution in [-0.4, -0.2) is 33.1 Å². The minimum atomic E-state index is -1.74. The summed E-state index contributed by atoms with van der Waals surface area (Å²) in [6, 6.07) is 0. The maximum atomic E-state index is 11.0. The van der Waals surface area contributed by atoms with E-state index in [1.165, 1.54) is 7.11 Å². The van der Waals surface area contributed by atoms with Crippen molar-refractivity contribution in [2.75, 3.05) is 14.2 Å². The Morgan fingerprint density at radius 2 is 2.09 bits per heavy atom. The zero-order valence-corrected chi connectivity index (χ0v) is 8.55. The molecule has 0 bridgehead atoms. The zero-order chi connectivity index (χ0) is 9.07. The molecule has 4 heteroatoms. The van der Waals surface area contributed by atoms with Crippen molar-refractivity contribution >= 4 is 14.3 Å². The average molecular weight is 173 g/mol. The molecular weight excluding hydrogens is 158 g/mol. The van der Waals surface area contributed by atoms with Crippen molar-refractivity contribution in [3.63, 3.8) is 0 Å². The van der Waals surface area contributed by atoms with Gasteiger partial charge in [-0.15, -0.1) is 6.58 Å². The number of rotatable bonds is 2. The van der Waals surface area contributed by atoms with Crippen LogP contribution in [0, 0.1) is 0 Å². The Morgan fingerprint density at radius 1 is 1.64 bits per heavy atom. The maximum absolute atomic E-state index is 11.0. The molecule has 0 aromatic heterocycles. The topological polar surface area (TPSA) is 29.5 Å². The predicted molar refractivity (Wildman–Crippen MR) is 47.8 cm³/mol. The van der Waals surface area contributed by atoms with Gasteiger partial charge in [-0.3, -0.25) is 0 Å². The van der Waals surface area contributed by atoms with E-state index in [4.69, 9.17) is 0 Å². The van der Waals surface area contributed by atoms with Crippen LogP contribution in [0.4, 0.5) is 4.79 Å². The smallest absolute Gasteiger partial charge is 0.401 e. The first-order chi connectivity index (χ1) is 4.95. The third kappa shape index (κ3) is 2.38. The molecule has 0 saturated heterocycles. The van der Waals surface area contributed by atoms with Gasteiger partial charge in [-0.1, -0.05) is 5.70 Å². The van der Waals surface area contributed by atoms with Crippen molar-refractivity contribution in [3.8, 4) is 0 Å². The number of nitrogens with zero attached hydrogens (tertiary/aromatic N) is 1. The van der Waals surface area contributed by atoms with Crippen LogP contribution in [0.15, 0.2) is 12.3 Å². The summed E-state index contributed by atoms with van der Waals surface area (Å²) < 4.78 is 6.20. The van der Waals surface area contributed by atoms with Crippen molar-refractivity contribution < 1.29 is 9.53 Å². The lowest BCUT2D eigenvalue weighted by Crippen LogP contribution is -2.48. The SMILES string of the molecule is C=C[Si](C)(C)N(C)C(=O)OC. The summed E-state index contributed by atoms with van der Waals surface area (Å²) >= 11 is 0. The van der Waals surface area contributed by atoms with Gasteiger partial charge in [-0.05, 0) is 13.1 Å². The second kappa shape index (κ2) is 3.57. The van der Waals surface area contributed by atoms with Crippen LogP contribution in [0.25, 0.3) is 0 Å². The Labute approximate surface area is 68.7 Å². The normalized spacial score (nSPS) is 10.5. The van der Waals surface area contributed by atoms with E-state index < -0.39 is 8.24 Å². The lowest BCUT2D eigenvalue weighted by molar-refractivity contribution is 0.153. The van der Waals surface area contributed by atoms with Crippen molar-refractivity contribution in [1.29, 1.82) is 0 Å². The Kier molecular flexibility index (Phi) is 3.32. The minimum absolute atomic E-state index is 0.290. The van der Waals surface area contributed by atoms with Gasteiger partial charge in [0.05, 0.1) is 7.11 Å². The Bertz CT molecular complexity index is 168. The monoisotopic (exact) mass is 173 g/mol. The number of amides is 1. The number of carbonyl (C=O) groups excluding carboxylic acids is 1. The highest BCUT2D eigenvalue weighted by molar-refractivity contribution is 6.81. The number of hydrogen-bond donors (Lipinski definition) is 0. The first-order valence-corrected chi connectivity index (χ1v) is 6.43. The molecule has 3 nitrogen and oxygen atoms in total. The minimum Gasteiger partial charge on any atom is -0.453 e. The van der Waals surface area contributed by atoms with E-state index in [9.17, 15) is 4.79 Å². The fourth-order valence-electron chi connectivity index (χ4n) is 0.509. The first-order valence-electron chi connectivity index (χ1n) is 3.41. The van der Waals surface area contributed by atoms with Crippen LogP contribution < -0.4 is 0 Å². The molecule has 0 spiro atoms. The molecule has 0 unspecified atom stereocenters. The Morgan fingerprint density at radius 3 is 2.36 bits per heavy atom. The van der Waals surface area contributed by atoms with E-state index in [-0.39, 0.29) is 6.09 Å². The van der Waals surface area contributed by atoms with E-state index in [2.05, 4.69) is 11.3 Å². The summed E-state index contributed by atoms with van der Waals surface area (Å²) in [6.07, 6.45) is -0.290. The van der Waals surface area contributed by atoms with Crippen LogP contribution in [0.1, 0.15) is 0 Å². The lowest BCUT2D eigenvalue weighted by Gasteiger charge is -2.28. The zero-order valence-electron chi connectivity index (χ0n) is 7.55. The second-order valence-electron chi connectivity index (χ2n) is 2.89. The van der Waals surface area contributed by atoms with Crippen molar-refractivity contribution in [2.45, 2.75) is 13.1 Å². The van der Waals surface area contributed by atoms with Crippen molar-refractivity contribution in [3.05, 3.63) is 12.3 Å². The molecule has 0 heterocycles. The summed E-state index contributed by atoms with van der Waals surface area (Å²) in [6.45, 7) is 7.73. The highest BCUT2D eigenvalue weighted by Crippen LogP contribution is 2.08. The highest BCUT2D eigenvalue weighted by Gasteiger charge is 2.27. The van der Waals surface area contributed by atoms with Crippen LogP contribution in [0.5, 0.6) is 0 Å². The third-order valence-corrected chi connectivity index (χ3v) is 4.72. The number of carbonyl (C=O) groups is 1. The number of hydrogen-bond acceptors (Lipinski definition) is 2. The average Bonchev–Trinajstić information content (AvgIpc) is 2.01. The quantitative estimate of drug-likeness (QED) is 0.594. The van der Waals surface area contributed by atoms with Gasteiger partial charge >= 0.3 is 6.09 Å². The van der Waals surface area contributed by atoms with Gasteiger partial charge in [0.25, 0.3) is 0 Å². The Balaban J connectivity index is 4.34. The first kappa shape index (κ1) is 10.2.